The number of hydrogen-bond donors (Lipinski definition) is 0. The number of para-hydroxylation sites is 5. The van der Waals surface area contributed by atoms with Crippen molar-refractivity contribution in [1.29, 1.82) is 0 Å². The maximum atomic E-state index is 4.95. The third-order valence-electron chi connectivity index (χ3n) is 18.5. The van der Waals surface area contributed by atoms with Gasteiger partial charge in [0, 0.05) is 53.3 Å². The average molecular weight is 1290 g/mol. The zero-order chi connectivity index (χ0) is 57.1. The molecular formula is C82H54IrN4-2. The summed E-state index contributed by atoms with van der Waals surface area (Å²) in [6.07, 6.45) is 1.89. The smallest absolute Gasteiger partial charge is 0.0742 e. The van der Waals surface area contributed by atoms with Crippen LogP contribution in [-0.4, -0.2) is 19.1 Å². The average Bonchev–Trinajstić information content (AvgIpc) is 1.64. The van der Waals surface area contributed by atoms with Crippen LogP contribution >= 0.6 is 0 Å². The maximum Gasteiger partial charge on any atom is 0.0742 e. The van der Waals surface area contributed by atoms with Crippen LogP contribution in [0.1, 0.15) is 47.2 Å². The fourth-order valence-corrected chi connectivity index (χ4v) is 14.6. The molecule has 0 N–H and O–H groups in total. The summed E-state index contributed by atoms with van der Waals surface area (Å²) in [5.41, 5.74) is 24.5. The van der Waals surface area contributed by atoms with Gasteiger partial charge in [-0.05, 0) is 121 Å². The minimum atomic E-state index is -0.469. The summed E-state index contributed by atoms with van der Waals surface area (Å²) in [6, 6.07) is 110. The van der Waals surface area contributed by atoms with Gasteiger partial charge in [-0.25, -0.2) is 0 Å². The second kappa shape index (κ2) is 20.5. The number of aromatic nitrogens is 4. The third-order valence-corrected chi connectivity index (χ3v) is 18.5. The van der Waals surface area contributed by atoms with Crippen molar-refractivity contribution in [2.75, 3.05) is 0 Å². The number of hydrogen-bond acceptors (Lipinski definition) is 2. The molecule has 18 rings (SSSR count). The molecule has 0 unspecified atom stereocenters. The van der Waals surface area contributed by atoms with Gasteiger partial charge in [-0.3, -0.25) is 4.98 Å². The van der Waals surface area contributed by atoms with E-state index in [1.807, 2.05) is 24.4 Å². The quantitative estimate of drug-likeness (QED) is 0.156. The molecule has 4 nitrogen and oxygen atoms in total. The van der Waals surface area contributed by atoms with E-state index >= 15 is 0 Å². The molecular weight excluding hydrogens is 1230 g/mol. The van der Waals surface area contributed by atoms with Crippen molar-refractivity contribution in [3.63, 3.8) is 0 Å². The Morgan fingerprint density at radius 1 is 0.368 bits per heavy atom. The van der Waals surface area contributed by atoms with E-state index < -0.39 is 5.41 Å². The van der Waals surface area contributed by atoms with E-state index in [9.17, 15) is 0 Å². The van der Waals surface area contributed by atoms with Crippen LogP contribution in [0, 0.1) is 12.1 Å². The monoisotopic (exact) mass is 1290 g/mol. The van der Waals surface area contributed by atoms with E-state index in [0.717, 1.165) is 44.4 Å². The fraction of sp³-hybridized carbons (Fsp3) is 0.0488. The van der Waals surface area contributed by atoms with Crippen molar-refractivity contribution in [3.05, 3.63) is 337 Å². The molecule has 0 saturated carbocycles. The molecule has 0 bridgehead atoms. The number of benzene rings is 12. The van der Waals surface area contributed by atoms with Gasteiger partial charge >= 0.3 is 0 Å². The van der Waals surface area contributed by atoms with Crippen LogP contribution < -0.4 is 0 Å². The molecule has 4 aromatic heterocycles. The predicted octanol–water partition coefficient (Wildman–Crippen LogP) is 20.3. The fourth-order valence-electron chi connectivity index (χ4n) is 14.6. The molecule has 413 valence electrons. The SMILES string of the molecule is CC1(C)c2ccccc2-n2c3ccc(-c4cc[c-]c(-c5nccc6ccccc56)c4)cc3c3cccc1c32.[Ir].[c-]1ccc(-c2ccc3c(c2)c2cccc4c2n3-c2ccccc2C4(c2ccccc2)c2ccccc2)cc1-c1ccc2ccccc2n1. The van der Waals surface area contributed by atoms with E-state index in [4.69, 9.17) is 9.97 Å². The molecule has 2 aliphatic rings. The Morgan fingerprint density at radius 2 is 0.874 bits per heavy atom. The topological polar surface area (TPSA) is 35.6 Å². The van der Waals surface area contributed by atoms with Gasteiger partial charge in [0.1, 0.15) is 0 Å². The van der Waals surface area contributed by atoms with Crippen LogP contribution in [0.15, 0.2) is 291 Å². The van der Waals surface area contributed by atoms with Crippen LogP contribution in [0.4, 0.5) is 0 Å². The van der Waals surface area contributed by atoms with Crippen LogP contribution in [-0.2, 0) is 30.9 Å². The maximum absolute atomic E-state index is 4.95. The molecule has 0 fully saturated rings. The number of nitrogens with zero attached hydrogens (tertiary/aromatic N) is 4. The normalized spacial score (nSPS) is 13.3. The second-order valence-electron chi connectivity index (χ2n) is 23.4. The first-order valence-electron chi connectivity index (χ1n) is 29.6. The molecule has 6 heterocycles. The molecule has 12 aromatic carbocycles. The molecule has 0 atom stereocenters. The largest absolute Gasteiger partial charge is 0.309 e. The van der Waals surface area contributed by atoms with Crippen LogP contribution in [0.25, 0.3) is 121 Å². The first-order valence-corrected chi connectivity index (χ1v) is 29.6. The van der Waals surface area contributed by atoms with E-state index in [1.165, 1.54) is 110 Å². The van der Waals surface area contributed by atoms with Gasteiger partial charge in [0.25, 0.3) is 0 Å². The van der Waals surface area contributed by atoms with Crippen molar-refractivity contribution >= 4 is 65.3 Å². The Labute approximate surface area is 518 Å². The Hall–Kier alpha value is -10.3. The van der Waals surface area contributed by atoms with Gasteiger partial charge in [0.15, 0.2) is 0 Å². The minimum absolute atomic E-state index is 0. The number of fused-ring (bicyclic) bond motifs is 12. The Bertz CT molecular complexity index is 5360. The first kappa shape index (κ1) is 52.3. The molecule has 87 heavy (non-hydrogen) atoms. The summed E-state index contributed by atoms with van der Waals surface area (Å²) in [5.74, 6) is 0. The van der Waals surface area contributed by atoms with Gasteiger partial charge in [-0.2, -0.15) is 0 Å². The van der Waals surface area contributed by atoms with E-state index in [2.05, 4.69) is 302 Å². The Kier molecular flexibility index (Phi) is 12.3. The summed E-state index contributed by atoms with van der Waals surface area (Å²) < 4.78 is 4.96. The van der Waals surface area contributed by atoms with E-state index in [1.54, 1.807) is 0 Å². The van der Waals surface area contributed by atoms with Gasteiger partial charge in [0.2, 0.25) is 0 Å². The second-order valence-corrected chi connectivity index (χ2v) is 23.4. The van der Waals surface area contributed by atoms with Crippen LogP contribution in [0.3, 0.4) is 0 Å². The summed E-state index contributed by atoms with van der Waals surface area (Å²) in [6.45, 7) is 4.69. The van der Waals surface area contributed by atoms with Crippen molar-refractivity contribution in [1.82, 2.24) is 19.1 Å². The van der Waals surface area contributed by atoms with Gasteiger partial charge in [-0.15, -0.1) is 70.8 Å². The molecule has 2 aliphatic heterocycles. The van der Waals surface area contributed by atoms with Gasteiger partial charge in [-0.1, -0.05) is 214 Å². The molecule has 0 spiro atoms. The molecule has 1 radical (unpaired) electrons. The van der Waals surface area contributed by atoms with Crippen molar-refractivity contribution < 1.29 is 20.1 Å². The van der Waals surface area contributed by atoms with E-state index in [-0.39, 0.29) is 25.5 Å². The summed E-state index contributed by atoms with van der Waals surface area (Å²) in [4.78, 5) is 9.69. The number of pyridine rings is 2. The zero-order valence-electron chi connectivity index (χ0n) is 47.8. The molecule has 5 heteroatoms. The molecule has 0 aliphatic carbocycles. The van der Waals surface area contributed by atoms with Crippen molar-refractivity contribution in [2.45, 2.75) is 24.7 Å². The summed E-state index contributed by atoms with van der Waals surface area (Å²) in [5, 5.41) is 8.57. The summed E-state index contributed by atoms with van der Waals surface area (Å²) in [7, 11) is 0. The third kappa shape index (κ3) is 8.00. The first-order chi connectivity index (χ1) is 42.4. The Balaban J connectivity index is 0.000000143. The van der Waals surface area contributed by atoms with Crippen molar-refractivity contribution in [3.8, 4) is 56.1 Å². The van der Waals surface area contributed by atoms with Gasteiger partial charge in [0.05, 0.1) is 44.4 Å². The van der Waals surface area contributed by atoms with Crippen LogP contribution in [0.2, 0.25) is 0 Å². The van der Waals surface area contributed by atoms with Crippen molar-refractivity contribution in [2.24, 2.45) is 0 Å². The number of rotatable bonds is 6. The minimum Gasteiger partial charge on any atom is -0.309 e. The Morgan fingerprint density at radius 3 is 1.55 bits per heavy atom. The zero-order valence-corrected chi connectivity index (χ0v) is 50.2. The molecule has 0 saturated heterocycles. The van der Waals surface area contributed by atoms with Gasteiger partial charge < -0.3 is 14.1 Å². The van der Waals surface area contributed by atoms with Crippen LogP contribution in [0.5, 0.6) is 0 Å². The molecule has 0 amide bonds. The molecule has 16 aromatic rings. The standard InChI is InChI=1S/C46H29N2.C36H25N2.Ir/c1-3-16-35(17-4-1)46(36-18-5-2-6-19-36)39-21-8-10-24-44(39)48-43-28-26-33(30-38(43)37-20-12-22-40(46)45(37)48)32-14-11-15-34(29-32)42-27-25-31-13-7-9-23-41(31)47-42;1-36(2)30-14-5-6-16-33(30)38-32-18-17-25(22-29(32)28-13-8-15-31(36)35(28)38)24-10-7-11-26(21-24)34-27-12-4-3-9-23(27)19-20-37-34;/h1-14,16-30H;3-10,12-22H,1-2H3;/q2*-1;. The summed E-state index contributed by atoms with van der Waals surface area (Å²) >= 11 is 0. The van der Waals surface area contributed by atoms with E-state index in [0.29, 0.717) is 0 Å². The predicted molar refractivity (Wildman–Crippen MR) is 356 cm³/mol.